The molecule has 0 radical (unpaired) electrons. The van der Waals surface area contributed by atoms with E-state index in [2.05, 4.69) is 20.1 Å². The van der Waals surface area contributed by atoms with Crippen molar-refractivity contribution in [1.29, 1.82) is 5.26 Å². The predicted molar refractivity (Wildman–Crippen MR) is 68.2 cm³/mol. The van der Waals surface area contributed by atoms with E-state index in [9.17, 15) is 0 Å². The van der Waals surface area contributed by atoms with Gasteiger partial charge in [0, 0.05) is 17.3 Å². The third kappa shape index (κ3) is 1.81. The monoisotopic (exact) mass is 250 g/mol. The molecule has 3 aromatic heterocycles. The molecule has 3 aromatic rings. The van der Waals surface area contributed by atoms with Crippen molar-refractivity contribution in [1.82, 2.24) is 24.6 Å². The smallest absolute Gasteiger partial charge is 0.224 e. The number of rotatable bonds is 1. The van der Waals surface area contributed by atoms with Gasteiger partial charge in [0.25, 0.3) is 0 Å². The molecule has 0 aliphatic heterocycles. The van der Waals surface area contributed by atoms with Gasteiger partial charge in [-0.1, -0.05) is 0 Å². The van der Waals surface area contributed by atoms with Crippen molar-refractivity contribution in [3.05, 3.63) is 41.9 Å². The fourth-order valence-corrected chi connectivity index (χ4v) is 2.15. The van der Waals surface area contributed by atoms with E-state index in [-0.39, 0.29) is 5.82 Å². The number of hydrogen-bond acceptors (Lipinski definition) is 5. The highest BCUT2D eigenvalue weighted by molar-refractivity contribution is 5.68. The largest absolute Gasteiger partial charge is 0.232 e. The molecular weight excluding hydrogens is 240 g/mol. The molecule has 0 aromatic carbocycles. The lowest BCUT2D eigenvalue weighted by Gasteiger charge is -2.08. The van der Waals surface area contributed by atoms with Gasteiger partial charge in [0.2, 0.25) is 5.82 Å². The zero-order valence-corrected chi connectivity index (χ0v) is 10.5. The van der Waals surface area contributed by atoms with E-state index < -0.39 is 0 Å². The highest BCUT2D eigenvalue weighted by Gasteiger charge is 2.11. The molecule has 0 bridgehead atoms. The fraction of sp³-hybridized carbons (Fsp3) is 0.154. The van der Waals surface area contributed by atoms with Crippen LogP contribution in [-0.4, -0.2) is 24.6 Å². The first-order chi connectivity index (χ1) is 9.19. The molecule has 19 heavy (non-hydrogen) atoms. The molecule has 0 saturated heterocycles. The van der Waals surface area contributed by atoms with Crippen molar-refractivity contribution in [3.63, 3.8) is 0 Å². The SMILES string of the molecule is Cc1nc(C#N)nc(C)c1-c1ccc2ncnn2c1. The summed E-state index contributed by atoms with van der Waals surface area (Å²) in [7, 11) is 0. The van der Waals surface area contributed by atoms with Gasteiger partial charge in [0.1, 0.15) is 12.4 Å². The zero-order chi connectivity index (χ0) is 13.4. The third-order valence-corrected chi connectivity index (χ3v) is 2.93. The van der Waals surface area contributed by atoms with Crippen molar-refractivity contribution in [2.45, 2.75) is 13.8 Å². The first-order valence-corrected chi connectivity index (χ1v) is 5.74. The number of hydrogen-bond donors (Lipinski definition) is 0. The quantitative estimate of drug-likeness (QED) is 0.656. The van der Waals surface area contributed by atoms with Gasteiger partial charge in [-0.15, -0.1) is 0 Å². The van der Waals surface area contributed by atoms with E-state index in [1.165, 1.54) is 6.33 Å². The van der Waals surface area contributed by atoms with Crippen LogP contribution < -0.4 is 0 Å². The van der Waals surface area contributed by atoms with Crippen LogP contribution in [0, 0.1) is 25.2 Å². The molecular formula is C13H10N6. The second kappa shape index (κ2) is 4.14. The van der Waals surface area contributed by atoms with Crippen molar-refractivity contribution in [3.8, 4) is 17.2 Å². The van der Waals surface area contributed by atoms with Crippen LogP contribution in [0.15, 0.2) is 24.7 Å². The van der Waals surface area contributed by atoms with Gasteiger partial charge in [-0.05, 0) is 26.0 Å². The number of pyridine rings is 1. The Bertz CT molecular complexity index is 788. The number of nitriles is 1. The Hall–Kier alpha value is -2.81. The Labute approximate surface area is 109 Å². The summed E-state index contributed by atoms with van der Waals surface area (Å²) in [6.45, 7) is 3.74. The molecule has 0 spiro atoms. The molecule has 0 aliphatic carbocycles. The first-order valence-electron chi connectivity index (χ1n) is 5.74. The molecule has 0 atom stereocenters. The minimum absolute atomic E-state index is 0.195. The second-order valence-corrected chi connectivity index (χ2v) is 4.19. The van der Waals surface area contributed by atoms with Crippen LogP contribution in [0.25, 0.3) is 16.8 Å². The van der Waals surface area contributed by atoms with Gasteiger partial charge in [-0.25, -0.2) is 19.5 Å². The van der Waals surface area contributed by atoms with Gasteiger partial charge in [0.05, 0.1) is 11.4 Å². The van der Waals surface area contributed by atoms with Gasteiger partial charge >= 0.3 is 0 Å². The Morgan fingerprint density at radius 2 is 1.89 bits per heavy atom. The molecule has 0 amide bonds. The van der Waals surface area contributed by atoms with Gasteiger partial charge < -0.3 is 0 Å². The van der Waals surface area contributed by atoms with Crippen LogP contribution in [0.2, 0.25) is 0 Å². The minimum atomic E-state index is 0.195. The van der Waals surface area contributed by atoms with Crippen LogP contribution in [0.4, 0.5) is 0 Å². The molecule has 6 nitrogen and oxygen atoms in total. The minimum Gasteiger partial charge on any atom is -0.224 e. The molecule has 0 unspecified atom stereocenters. The van der Waals surface area contributed by atoms with Crippen LogP contribution in [0.1, 0.15) is 17.2 Å². The highest BCUT2D eigenvalue weighted by Crippen LogP contribution is 2.25. The van der Waals surface area contributed by atoms with E-state index in [0.29, 0.717) is 0 Å². The summed E-state index contributed by atoms with van der Waals surface area (Å²) in [5.41, 5.74) is 4.23. The molecule has 0 fully saturated rings. The van der Waals surface area contributed by atoms with Crippen LogP contribution in [0.5, 0.6) is 0 Å². The van der Waals surface area contributed by atoms with Gasteiger partial charge in [-0.2, -0.15) is 10.4 Å². The maximum absolute atomic E-state index is 8.86. The normalized spacial score (nSPS) is 10.6. The summed E-state index contributed by atoms with van der Waals surface area (Å²) < 4.78 is 1.70. The molecule has 0 aliphatic rings. The Balaban J connectivity index is 2.23. The highest BCUT2D eigenvalue weighted by atomic mass is 15.3. The van der Waals surface area contributed by atoms with E-state index >= 15 is 0 Å². The molecule has 0 N–H and O–H groups in total. The Morgan fingerprint density at radius 3 is 2.58 bits per heavy atom. The molecule has 92 valence electrons. The van der Waals surface area contributed by atoms with E-state index in [0.717, 1.165) is 28.2 Å². The van der Waals surface area contributed by atoms with Crippen LogP contribution in [0.3, 0.4) is 0 Å². The summed E-state index contributed by atoms with van der Waals surface area (Å²) in [5.74, 6) is 0.195. The predicted octanol–water partition coefficient (Wildman–Crippen LogP) is 1.67. The van der Waals surface area contributed by atoms with Crippen LogP contribution >= 0.6 is 0 Å². The lowest BCUT2D eigenvalue weighted by Crippen LogP contribution is -2.00. The van der Waals surface area contributed by atoms with Crippen molar-refractivity contribution in [2.75, 3.05) is 0 Å². The molecule has 3 rings (SSSR count). The Morgan fingerprint density at radius 1 is 1.16 bits per heavy atom. The number of aromatic nitrogens is 5. The van der Waals surface area contributed by atoms with Crippen molar-refractivity contribution < 1.29 is 0 Å². The molecule has 0 saturated carbocycles. The second-order valence-electron chi connectivity index (χ2n) is 4.19. The van der Waals surface area contributed by atoms with Gasteiger partial charge in [-0.3, -0.25) is 0 Å². The van der Waals surface area contributed by atoms with Crippen molar-refractivity contribution in [2.24, 2.45) is 0 Å². The maximum atomic E-state index is 8.86. The zero-order valence-electron chi connectivity index (χ0n) is 10.5. The standard InChI is InChI=1S/C13H10N6/c1-8-13(9(2)18-11(5-14)17-8)10-3-4-12-15-7-16-19(12)6-10/h3-4,6-7H,1-2H3. The number of fused-ring (bicyclic) bond motifs is 1. The summed E-state index contributed by atoms with van der Waals surface area (Å²) in [6, 6.07) is 5.80. The van der Waals surface area contributed by atoms with Crippen molar-refractivity contribution >= 4 is 5.65 Å². The van der Waals surface area contributed by atoms with E-state index in [4.69, 9.17) is 5.26 Å². The maximum Gasteiger partial charge on any atom is 0.232 e. The third-order valence-electron chi connectivity index (χ3n) is 2.93. The fourth-order valence-electron chi connectivity index (χ4n) is 2.15. The average molecular weight is 250 g/mol. The van der Waals surface area contributed by atoms with Crippen LogP contribution in [-0.2, 0) is 0 Å². The van der Waals surface area contributed by atoms with E-state index in [1.54, 1.807) is 4.52 Å². The lowest BCUT2D eigenvalue weighted by atomic mass is 10.0. The van der Waals surface area contributed by atoms with Gasteiger partial charge in [0.15, 0.2) is 5.65 Å². The summed E-state index contributed by atoms with van der Waals surface area (Å²) in [6.07, 6.45) is 3.39. The molecule has 3 heterocycles. The number of nitrogens with zero attached hydrogens (tertiary/aromatic N) is 6. The Kier molecular flexibility index (Phi) is 2.46. The first kappa shape index (κ1) is 11.3. The topological polar surface area (TPSA) is 79.8 Å². The summed E-state index contributed by atoms with van der Waals surface area (Å²) >= 11 is 0. The van der Waals surface area contributed by atoms with E-state index in [1.807, 2.05) is 38.2 Å². The number of aryl methyl sites for hydroxylation is 2. The lowest BCUT2D eigenvalue weighted by molar-refractivity contribution is 0.958. The average Bonchev–Trinajstić information content (AvgIpc) is 2.85. The summed E-state index contributed by atoms with van der Waals surface area (Å²) in [5, 5.41) is 13.0. The summed E-state index contributed by atoms with van der Waals surface area (Å²) in [4.78, 5) is 12.5. The molecule has 6 heteroatoms.